The van der Waals surface area contributed by atoms with Gasteiger partial charge in [-0.15, -0.1) is 0 Å². The van der Waals surface area contributed by atoms with Crippen LogP contribution in [0.15, 0.2) is 28.7 Å². The summed E-state index contributed by atoms with van der Waals surface area (Å²) in [5, 5.41) is 8.67. The van der Waals surface area contributed by atoms with Crippen LogP contribution in [0.25, 0.3) is 0 Å². The molecule has 0 bridgehead atoms. The first-order chi connectivity index (χ1) is 7.74. The maximum absolute atomic E-state index is 8.67. The summed E-state index contributed by atoms with van der Waals surface area (Å²) in [6.45, 7) is 1.39. The highest BCUT2D eigenvalue weighted by atomic mass is 79.9. The fourth-order valence-electron chi connectivity index (χ4n) is 1.66. The molecule has 1 rings (SSSR count). The number of benzene rings is 1. The zero-order chi connectivity index (χ0) is 11.8. The number of aliphatic hydroxyl groups is 1. The molecule has 0 saturated heterocycles. The van der Waals surface area contributed by atoms with Crippen molar-refractivity contribution in [3.8, 4) is 0 Å². The lowest BCUT2D eigenvalue weighted by Gasteiger charge is -2.19. The van der Waals surface area contributed by atoms with Crippen LogP contribution in [0, 0.1) is 0 Å². The molecule has 0 aliphatic carbocycles. The van der Waals surface area contributed by atoms with Crippen LogP contribution in [0.3, 0.4) is 0 Å². The number of halogens is 1. The minimum Gasteiger partial charge on any atom is -0.396 e. The zero-order valence-corrected chi connectivity index (χ0v) is 11.4. The van der Waals surface area contributed by atoms with Gasteiger partial charge in [0.05, 0.1) is 0 Å². The standard InChI is InChI=1S/C13H20BrNO/c1-15(9-4-2-3-5-10-16)13-8-6-7-12(14)11-13/h6-8,11,16H,2-5,9-10H2,1H3. The Morgan fingerprint density at radius 3 is 2.62 bits per heavy atom. The van der Waals surface area contributed by atoms with Crippen LogP contribution in [-0.4, -0.2) is 25.3 Å². The number of hydrogen-bond donors (Lipinski definition) is 1. The van der Waals surface area contributed by atoms with Gasteiger partial charge in [0.1, 0.15) is 0 Å². The maximum Gasteiger partial charge on any atom is 0.0431 e. The highest BCUT2D eigenvalue weighted by molar-refractivity contribution is 9.10. The number of rotatable bonds is 7. The molecular formula is C13H20BrNO. The van der Waals surface area contributed by atoms with E-state index in [4.69, 9.17) is 5.11 Å². The smallest absolute Gasteiger partial charge is 0.0431 e. The van der Waals surface area contributed by atoms with Crippen LogP contribution in [-0.2, 0) is 0 Å². The van der Waals surface area contributed by atoms with Gasteiger partial charge in [-0.05, 0) is 31.0 Å². The SMILES string of the molecule is CN(CCCCCCO)c1cccc(Br)c1. The monoisotopic (exact) mass is 285 g/mol. The molecule has 0 saturated carbocycles. The third-order valence-electron chi connectivity index (χ3n) is 2.65. The lowest BCUT2D eigenvalue weighted by atomic mass is 10.2. The van der Waals surface area contributed by atoms with Gasteiger partial charge in [0.15, 0.2) is 0 Å². The molecule has 0 heterocycles. The molecule has 0 aliphatic heterocycles. The van der Waals surface area contributed by atoms with E-state index in [9.17, 15) is 0 Å². The van der Waals surface area contributed by atoms with Crippen molar-refractivity contribution in [1.29, 1.82) is 0 Å². The van der Waals surface area contributed by atoms with Crippen LogP contribution in [0.4, 0.5) is 5.69 Å². The van der Waals surface area contributed by atoms with E-state index < -0.39 is 0 Å². The van der Waals surface area contributed by atoms with Crippen LogP contribution in [0.1, 0.15) is 25.7 Å². The molecule has 0 fully saturated rings. The number of unbranched alkanes of at least 4 members (excludes halogenated alkanes) is 3. The molecule has 0 amide bonds. The van der Waals surface area contributed by atoms with Gasteiger partial charge in [0.2, 0.25) is 0 Å². The van der Waals surface area contributed by atoms with E-state index in [0.29, 0.717) is 6.61 Å². The van der Waals surface area contributed by atoms with Gasteiger partial charge in [-0.2, -0.15) is 0 Å². The van der Waals surface area contributed by atoms with Crippen LogP contribution < -0.4 is 4.90 Å². The van der Waals surface area contributed by atoms with Crippen molar-refractivity contribution in [1.82, 2.24) is 0 Å². The summed E-state index contributed by atoms with van der Waals surface area (Å²) >= 11 is 3.48. The number of hydrogen-bond acceptors (Lipinski definition) is 2. The van der Waals surface area contributed by atoms with Crippen molar-refractivity contribution in [3.05, 3.63) is 28.7 Å². The van der Waals surface area contributed by atoms with Gasteiger partial charge in [-0.25, -0.2) is 0 Å². The first-order valence-corrected chi connectivity index (χ1v) is 6.61. The van der Waals surface area contributed by atoms with Gasteiger partial charge >= 0.3 is 0 Å². The Morgan fingerprint density at radius 1 is 1.19 bits per heavy atom. The highest BCUT2D eigenvalue weighted by Gasteiger charge is 2.00. The first kappa shape index (κ1) is 13.5. The van der Waals surface area contributed by atoms with Gasteiger partial charge in [-0.3, -0.25) is 0 Å². The van der Waals surface area contributed by atoms with E-state index in [2.05, 4.69) is 46.1 Å². The second-order valence-corrected chi connectivity index (χ2v) is 4.95. The van der Waals surface area contributed by atoms with E-state index in [-0.39, 0.29) is 0 Å². The molecule has 1 N–H and O–H groups in total. The number of nitrogens with zero attached hydrogens (tertiary/aromatic N) is 1. The molecule has 1 aromatic rings. The van der Waals surface area contributed by atoms with Crippen LogP contribution >= 0.6 is 15.9 Å². The Morgan fingerprint density at radius 2 is 1.94 bits per heavy atom. The fourth-order valence-corrected chi connectivity index (χ4v) is 2.04. The molecule has 0 radical (unpaired) electrons. The van der Waals surface area contributed by atoms with Crippen LogP contribution in [0.2, 0.25) is 0 Å². The minimum atomic E-state index is 0.321. The molecule has 2 nitrogen and oxygen atoms in total. The second-order valence-electron chi connectivity index (χ2n) is 4.04. The Bertz CT molecular complexity index is 304. The fraction of sp³-hybridized carbons (Fsp3) is 0.538. The number of anilines is 1. The Hall–Kier alpha value is -0.540. The summed E-state index contributed by atoms with van der Waals surface area (Å²) in [7, 11) is 2.12. The third kappa shape index (κ3) is 4.99. The highest BCUT2D eigenvalue weighted by Crippen LogP contribution is 2.19. The largest absolute Gasteiger partial charge is 0.396 e. The molecule has 16 heavy (non-hydrogen) atoms. The molecule has 3 heteroatoms. The zero-order valence-electron chi connectivity index (χ0n) is 9.82. The molecule has 0 aliphatic rings. The first-order valence-electron chi connectivity index (χ1n) is 5.81. The van der Waals surface area contributed by atoms with E-state index in [1.165, 1.54) is 18.5 Å². The van der Waals surface area contributed by atoms with Crippen molar-refractivity contribution >= 4 is 21.6 Å². The summed E-state index contributed by atoms with van der Waals surface area (Å²) in [5.41, 5.74) is 1.25. The molecule has 0 spiro atoms. The van der Waals surface area contributed by atoms with Gasteiger partial charge in [-0.1, -0.05) is 34.8 Å². The molecule has 0 atom stereocenters. The summed E-state index contributed by atoms with van der Waals surface area (Å²) < 4.78 is 1.12. The van der Waals surface area contributed by atoms with Crippen molar-refractivity contribution in [2.45, 2.75) is 25.7 Å². The molecule has 0 unspecified atom stereocenters. The summed E-state index contributed by atoms with van der Waals surface area (Å²) in [4.78, 5) is 2.27. The quantitative estimate of drug-likeness (QED) is 0.776. The van der Waals surface area contributed by atoms with Crippen molar-refractivity contribution in [2.24, 2.45) is 0 Å². The predicted octanol–water partition coefficient (Wildman–Crippen LogP) is 3.44. The third-order valence-corrected chi connectivity index (χ3v) is 3.14. The maximum atomic E-state index is 8.67. The van der Waals surface area contributed by atoms with E-state index >= 15 is 0 Å². The molecular weight excluding hydrogens is 266 g/mol. The van der Waals surface area contributed by atoms with Crippen LogP contribution in [0.5, 0.6) is 0 Å². The number of aliphatic hydroxyl groups excluding tert-OH is 1. The van der Waals surface area contributed by atoms with Crippen molar-refractivity contribution < 1.29 is 5.11 Å². The normalized spacial score (nSPS) is 10.4. The average Bonchev–Trinajstić information content (AvgIpc) is 2.28. The summed E-state index contributed by atoms with van der Waals surface area (Å²) in [6.07, 6.45) is 4.44. The summed E-state index contributed by atoms with van der Waals surface area (Å²) in [5.74, 6) is 0. The topological polar surface area (TPSA) is 23.5 Å². The predicted molar refractivity (Wildman–Crippen MR) is 73.0 cm³/mol. The summed E-state index contributed by atoms with van der Waals surface area (Å²) in [6, 6.07) is 8.35. The van der Waals surface area contributed by atoms with Gasteiger partial charge < -0.3 is 10.0 Å². The Labute approximate surface area is 106 Å². The molecule has 1 aromatic carbocycles. The van der Waals surface area contributed by atoms with Gasteiger partial charge in [0, 0.05) is 30.4 Å². The Kier molecular flexibility index (Phi) is 6.50. The minimum absolute atomic E-state index is 0.321. The average molecular weight is 286 g/mol. The van der Waals surface area contributed by atoms with E-state index in [1.807, 2.05) is 6.07 Å². The second kappa shape index (κ2) is 7.69. The van der Waals surface area contributed by atoms with Crippen molar-refractivity contribution in [3.63, 3.8) is 0 Å². The van der Waals surface area contributed by atoms with E-state index in [1.54, 1.807) is 0 Å². The lowest BCUT2D eigenvalue weighted by Crippen LogP contribution is -2.18. The van der Waals surface area contributed by atoms with E-state index in [0.717, 1.165) is 23.9 Å². The Balaban J connectivity index is 2.27. The molecule has 90 valence electrons. The lowest BCUT2D eigenvalue weighted by molar-refractivity contribution is 0.282. The van der Waals surface area contributed by atoms with Crippen molar-refractivity contribution in [2.75, 3.05) is 25.1 Å². The molecule has 0 aromatic heterocycles. The van der Waals surface area contributed by atoms with Gasteiger partial charge in [0.25, 0.3) is 0 Å².